The maximum Gasteiger partial charge on any atom is 0.243 e. The van der Waals surface area contributed by atoms with Crippen molar-refractivity contribution in [2.24, 2.45) is 0 Å². The van der Waals surface area contributed by atoms with Gasteiger partial charge in [-0.05, 0) is 50.1 Å². The highest BCUT2D eigenvalue weighted by Crippen LogP contribution is 2.28. The molecule has 0 saturated carbocycles. The Hall–Kier alpha value is -2.95. The van der Waals surface area contributed by atoms with E-state index in [0.29, 0.717) is 48.2 Å². The highest BCUT2D eigenvalue weighted by Gasteiger charge is 2.31. The van der Waals surface area contributed by atoms with Crippen LogP contribution in [0.3, 0.4) is 0 Å². The quantitative estimate of drug-likeness (QED) is 0.620. The third kappa shape index (κ3) is 5.94. The van der Waals surface area contributed by atoms with Gasteiger partial charge in [-0.25, -0.2) is 8.42 Å². The molecule has 2 N–H and O–H groups in total. The molecule has 1 aliphatic heterocycles. The first-order valence-corrected chi connectivity index (χ1v) is 12.5. The summed E-state index contributed by atoms with van der Waals surface area (Å²) in [6.45, 7) is 8.62. The number of hydrogen-bond acceptors (Lipinski definition) is 6. The highest BCUT2D eigenvalue weighted by atomic mass is 32.2. The number of carbonyl (C=O) groups excluding carboxylic acids is 2. The van der Waals surface area contributed by atoms with Gasteiger partial charge in [0, 0.05) is 38.8 Å². The van der Waals surface area contributed by atoms with Gasteiger partial charge < -0.3 is 15.4 Å². The number of piperazine rings is 1. The minimum absolute atomic E-state index is 0.115. The summed E-state index contributed by atoms with van der Waals surface area (Å²) in [5, 5.41) is 5.50. The molecule has 2 aromatic carbocycles. The van der Waals surface area contributed by atoms with E-state index in [1.54, 1.807) is 18.2 Å². The van der Waals surface area contributed by atoms with Gasteiger partial charge in [-0.1, -0.05) is 17.7 Å². The molecule has 0 aliphatic carbocycles. The lowest BCUT2D eigenvalue weighted by Crippen LogP contribution is -2.50. The first kappa shape index (κ1) is 25.7. The van der Waals surface area contributed by atoms with Crippen molar-refractivity contribution in [1.29, 1.82) is 0 Å². The first-order chi connectivity index (χ1) is 16.0. The van der Waals surface area contributed by atoms with E-state index in [2.05, 4.69) is 10.6 Å². The van der Waals surface area contributed by atoms with Crippen LogP contribution in [0.25, 0.3) is 0 Å². The van der Waals surface area contributed by atoms with Crippen LogP contribution in [0.15, 0.2) is 35.2 Å². The summed E-state index contributed by atoms with van der Waals surface area (Å²) in [6.07, 6.45) is 0. The van der Waals surface area contributed by atoms with E-state index in [-0.39, 0.29) is 18.4 Å². The molecule has 9 nitrogen and oxygen atoms in total. The average Bonchev–Trinajstić information content (AvgIpc) is 2.73. The molecule has 1 heterocycles. The number of ether oxygens (including phenoxy) is 1. The molecule has 2 aromatic rings. The van der Waals surface area contributed by atoms with Crippen LogP contribution < -0.4 is 15.4 Å². The molecule has 0 spiro atoms. The Morgan fingerprint density at radius 3 is 2.15 bits per heavy atom. The van der Waals surface area contributed by atoms with E-state index in [0.717, 1.165) is 16.7 Å². The van der Waals surface area contributed by atoms with Crippen LogP contribution in [0.1, 0.15) is 23.6 Å². The smallest absolute Gasteiger partial charge is 0.243 e. The van der Waals surface area contributed by atoms with Gasteiger partial charge in [-0.3, -0.25) is 14.5 Å². The fraction of sp³-hybridized carbons (Fsp3) is 0.417. The fourth-order valence-electron chi connectivity index (χ4n) is 4.31. The summed E-state index contributed by atoms with van der Waals surface area (Å²) >= 11 is 0. The SMILES string of the molecule is COc1ccc(NC(C)=O)cc1NC(=O)CN1CCN(S(=O)(=O)c2c(C)cc(C)cc2C)CC1. The Kier molecular flexibility index (Phi) is 7.96. The van der Waals surface area contributed by atoms with E-state index >= 15 is 0 Å². The Morgan fingerprint density at radius 2 is 1.59 bits per heavy atom. The summed E-state index contributed by atoms with van der Waals surface area (Å²) < 4.78 is 33.3. The van der Waals surface area contributed by atoms with Crippen molar-refractivity contribution < 1.29 is 22.7 Å². The number of rotatable bonds is 7. The zero-order chi connectivity index (χ0) is 25.0. The van der Waals surface area contributed by atoms with E-state index in [1.165, 1.54) is 18.3 Å². The molecular weight excluding hydrogens is 456 g/mol. The molecule has 0 atom stereocenters. The monoisotopic (exact) mass is 488 g/mol. The van der Waals surface area contributed by atoms with Crippen molar-refractivity contribution in [2.45, 2.75) is 32.6 Å². The van der Waals surface area contributed by atoms with Gasteiger partial charge in [-0.2, -0.15) is 4.31 Å². The fourth-order valence-corrected chi connectivity index (χ4v) is 6.14. The summed E-state index contributed by atoms with van der Waals surface area (Å²) in [7, 11) is -2.11. The van der Waals surface area contributed by atoms with E-state index in [4.69, 9.17) is 4.74 Å². The van der Waals surface area contributed by atoms with Crippen LogP contribution in [0.2, 0.25) is 0 Å². The zero-order valence-corrected chi connectivity index (χ0v) is 21.1. The van der Waals surface area contributed by atoms with Crippen LogP contribution in [0, 0.1) is 20.8 Å². The number of carbonyl (C=O) groups is 2. The Labute approximate surface area is 201 Å². The molecule has 184 valence electrons. The molecule has 1 fully saturated rings. The second kappa shape index (κ2) is 10.5. The minimum atomic E-state index is -3.61. The molecule has 1 saturated heterocycles. The molecular formula is C24H32N4O5S. The third-order valence-electron chi connectivity index (χ3n) is 5.69. The number of methoxy groups -OCH3 is 1. The summed E-state index contributed by atoms with van der Waals surface area (Å²) in [4.78, 5) is 26.3. The first-order valence-electron chi connectivity index (χ1n) is 11.1. The topological polar surface area (TPSA) is 108 Å². The summed E-state index contributed by atoms with van der Waals surface area (Å²) in [5.41, 5.74) is 3.52. The predicted molar refractivity (Wildman–Crippen MR) is 132 cm³/mol. The average molecular weight is 489 g/mol. The number of hydrogen-bond donors (Lipinski definition) is 2. The molecule has 0 unspecified atom stereocenters. The second-order valence-corrected chi connectivity index (χ2v) is 10.4. The molecule has 2 amide bonds. The molecule has 0 bridgehead atoms. The Morgan fingerprint density at radius 1 is 0.971 bits per heavy atom. The van der Waals surface area contributed by atoms with Gasteiger partial charge in [-0.15, -0.1) is 0 Å². The van der Waals surface area contributed by atoms with Gasteiger partial charge in [0.1, 0.15) is 5.75 Å². The molecule has 0 aromatic heterocycles. The van der Waals surface area contributed by atoms with Crippen molar-refractivity contribution >= 4 is 33.2 Å². The lowest BCUT2D eigenvalue weighted by molar-refractivity contribution is -0.117. The van der Waals surface area contributed by atoms with Gasteiger partial charge in [0.15, 0.2) is 0 Å². The van der Waals surface area contributed by atoms with E-state index in [1.807, 2.05) is 37.8 Å². The standard InChI is InChI=1S/C24H32N4O5S/c1-16-12-17(2)24(18(3)13-16)34(31,32)28-10-8-27(9-11-28)15-23(30)26-21-14-20(25-19(4)29)6-7-22(21)33-5/h6-7,12-14H,8-11,15H2,1-5H3,(H,25,29)(H,26,30). The van der Waals surface area contributed by atoms with Crippen molar-refractivity contribution in [1.82, 2.24) is 9.21 Å². The van der Waals surface area contributed by atoms with Crippen molar-refractivity contribution in [3.63, 3.8) is 0 Å². The van der Waals surface area contributed by atoms with Gasteiger partial charge >= 0.3 is 0 Å². The number of sulfonamides is 1. The number of nitrogens with zero attached hydrogens (tertiary/aromatic N) is 2. The zero-order valence-electron chi connectivity index (χ0n) is 20.3. The van der Waals surface area contributed by atoms with Crippen LogP contribution in [-0.2, 0) is 19.6 Å². The maximum atomic E-state index is 13.3. The minimum Gasteiger partial charge on any atom is -0.495 e. The van der Waals surface area contributed by atoms with Gasteiger partial charge in [0.2, 0.25) is 21.8 Å². The van der Waals surface area contributed by atoms with Crippen molar-refractivity contribution in [3.8, 4) is 5.75 Å². The van der Waals surface area contributed by atoms with Gasteiger partial charge in [0.25, 0.3) is 0 Å². The number of benzene rings is 2. The molecule has 10 heteroatoms. The molecule has 1 aliphatic rings. The van der Waals surface area contributed by atoms with E-state index in [9.17, 15) is 18.0 Å². The predicted octanol–water partition coefficient (Wildman–Crippen LogP) is 2.52. The third-order valence-corrected chi connectivity index (χ3v) is 7.90. The summed E-state index contributed by atoms with van der Waals surface area (Å²) in [5.74, 6) is 0.00768. The van der Waals surface area contributed by atoms with Crippen LogP contribution in [0.5, 0.6) is 5.75 Å². The van der Waals surface area contributed by atoms with Crippen molar-refractivity contribution in [3.05, 3.63) is 47.0 Å². The second-order valence-electron chi connectivity index (χ2n) is 8.55. The highest BCUT2D eigenvalue weighted by molar-refractivity contribution is 7.89. The lowest BCUT2D eigenvalue weighted by atomic mass is 10.1. The Bertz CT molecular complexity index is 1160. The molecule has 34 heavy (non-hydrogen) atoms. The number of amides is 2. The normalized spacial score (nSPS) is 15.1. The molecule has 3 rings (SSSR count). The lowest BCUT2D eigenvalue weighted by Gasteiger charge is -2.34. The number of nitrogens with one attached hydrogen (secondary N) is 2. The molecule has 0 radical (unpaired) electrons. The maximum absolute atomic E-state index is 13.3. The summed E-state index contributed by atoms with van der Waals surface area (Å²) in [6, 6.07) is 8.76. The van der Waals surface area contributed by atoms with Crippen LogP contribution in [0.4, 0.5) is 11.4 Å². The largest absolute Gasteiger partial charge is 0.495 e. The Balaban J connectivity index is 1.62. The van der Waals surface area contributed by atoms with Crippen LogP contribution in [-0.4, -0.2) is 69.3 Å². The van der Waals surface area contributed by atoms with Crippen molar-refractivity contribution in [2.75, 3.05) is 50.5 Å². The number of aryl methyl sites for hydroxylation is 3. The van der Waals surface area contributed by atoms with Crippen LogP contribution >= 0.6 is 0 Å². The van der Waals surface area contributed by atoms with Gasteiger partial charge in [0.05, 0.1) is 24.2 Å². The van der Waals surface area contributed by atoms with E-state index < -0.39 is 10.0 Å². The number of anilines is 2.